The van der Waals surface area contributed by atoms with Crippen LogP contribution in [-0.4, -0.2) is 93.9 Å². The van der Waals surface area contributed by atoms with Gasteiger partial charge in [0, 0.05) is 59.5 Å². The lowest BCUT2D eigenvalue weighted by Crippen LogP contribution is -2.44. The van der Waals surface area contributed by atoms with E-state index in [1.807, 2.05) is 83.8 Å². The number of likely N-dealkylation sites (tertiary alicyclic amines) is 2. The minimum Gasteiger partial charge on any atom is -0.508 e. The van der Waals surface area contributed by atoms with Crippen LogP contribution in [0, 0.1) is 5.41 Å². The number of carbonyl (C=O) groups excluding carboxylic acids is 2. The Balaban J connectivity index is 0.000000206. The number of hydrogen-bond donors (Lipinski definition) is 5. The summed E-state index contributed by atoms with van der Waals surface area (Å²) in [4.78, 5) is 36.5. The molecule has 404 valence electrons. The Morgan fingerprint density at radius 2 is 1.07 bits per heavy atom. The van der Waals surface area contributed by atoms with E-state index in [2.05, 4.69) is 42.7 Å². The number of para-hydroxylation sites is 4. The van der Waals surface area contributed by atoms with Crippen molar-refractivity contribution < 1.29 is 34.1 Å². The van der Waals surface area contributed by atoms with Crippen molar-refractivity contribution in [3.8, 4) is 23.0 Å². The standard InChI is InChI=1S/C34H42N4O4.C27H36N4O3/c1-24-12-11-13-25(2)37(24)20-9-4-10-21-38-29-16-7-8-17-31(29)42-32(34(38)39)28-22-27(33(35)36-40)18-19-30(28)41-23-26-14-5-3-6-15-26;1-18-9-8-10-19(2)30(18)15-6-3-7-16-31-22-11-4-5-12-24(22)34-25(27(31)33)21-17-20(26(28)29)13-14-23(21)32/h3,5-8,14-19,22,24-25,32,40H,4,9-13,20-21,23H2,1-2H3,(H2,35,36);4-5,11-14,17-19,25,32H,3,6-10,15-16H2,1-2H3,(H3,28,29)/t24-,25+,32-;18-,19+,25-/m00/s1. The number of unbranched alkanes of at least 4 members (excludes halogenated alkanes) is 4. The Bertz CT molecular complexity index is 2770. The quantitative estimate of drug-likeness (QED) is 0.0173. The number of phenols is 1. The predicted molar refractivity (Wildman–Crippen MR) is 300 cm³/mol. The molecule has 7 N–H and O–H groups in total. The van der Waals surface area contributed by atoms with Gasteiger partial charge in [-0.3, -0.25) is 24.8 Å². The number of amidine groups is 2. The van der Waals surface area contributed by atoms with Crippen molar-refractivity contribution in [1.29, 1.82) is 5.41 Å². The summed E-state index contributed by atoms with van der Waals surface area (Å²) in [6.07, 6.45) is 11.9. The molecule has 2 saturated heterocycles. The number of anilines is 2. The van der Waals surface area contributed by atoms with Crippen molar-refractivity contribution in [2.75, 3.05) is 36.0 Å². The third-order valence-corrected chi connectivity index (χ3v) is 15.7. The average molecular weight is 1040 g/mol. The van der Waals surface area contributed by atoms with Crippen molar-refractivity contribution >= 4 is 34.9 Å². The van der Waals surface area contributed by atoms with Gasteiger partial charge in [0.2, 0.25) is 12.2 Å². The number of benzene rings is 5. The zero-order chi connectivity index (χ0) is 53.7. The van der Waals surface area contributed by atoms with Gasteiger partial charge in [-0.15, -0.1) is 0 Å². The molecule has 4 aliphatic rings. The van der Waals surface area contributed by atoms with Crippen LogP contribution >= 0.6 is 0 Å². The van der Waals surface area contributed by atoms with E-state index in [9.17, 15) is 19.9 Å². The van der Waals surface area contributed by atoms with Crippen molar-refractivity contribution in [3.63, 3.8) is 0 Å². The highest BCUT2D eigenvalue weighted by Gasteiger charge is 2.39. The van der Waals surface area contributed by atoms with Gasteiger partial charge in [0.25, 0.3) is 11.8 Å². The number of nitrogen functional groups attached to an aromatic ring is 1. The Labute approximate surface area is 448 Å². The van der Waals surface area contributed by atoms with Gasteiger partial charge < -0.3 is 45.8 Å². The molecule has 0 bridgehead atoms. The molecule has 2 fully saturated rings. The molecule has 4 heterocycles. The number of nitrogens with zero attached hydrogens (tertiary/aromatic N) is 5. The fraction of sp³-hybridized carbons (Fsp3) is 0.443. The monoisotopic (exact) mass is 1030 g/mol. The lowest BCUT2D eigenvalue weighted by Gasteiger charge is -2.39. The zero-order valence-electron chi connectivity index (χ0n) is 44.8. The van der Waals surface area contributed by atoms with Gasteiger partial charge in [-0.25, -0.2) is 0 Å². The highest BCUT2D eigenvalue weighted by molar-refractivity contribution is 6.03. The molecular weight excluding hydrogens is 957 g/mol. The van der Waals surface area contributed by atoms with Crippen LogP contribution in [0.1, 0.15) is 145 Å². The molecule has 15 nitrogen and oxygen atoms in total. The Hall–Kier alpha value is -7.10. The molecule has 15 heteroatoms. The molecular formula is C61H78N8O7. The number of rotatable bonds is 19. The highest BCUT2D eigenvalue weighted by atomic mass is 16.5. The molecule has 0 saturated carbocycles. The van der Waals surface area contributed by atoms with E-state index in [0.717, 1.165) is 68.6 Å². The third kappa shape index (κ3) is 13.3. The summed E-state index contributed by atoms with van der Waals surface area (Å²) in [5, 5.41) is 30.6. The largest absolute Gasteiger partial charge is 0.508 e. The van der Waals surface area contributed by atoms with Gasteiger partial charge in [-0.05, 0) is 158 Å². The fourth-order valence-electron chi connectivity index (χ4n) is 11.4. The molecule has 0 aromatic heterocycles. The molecule has 5 aromatic rings. The number of amides is 2. The number of piperidine rings is 2. The number of hydrogen-bond acceptors (Lipinski definition) is 11. The second-order valence-corrected chi connectivity index (χ2v) is 21.0. The van der Waals surface area contributed by atoms with Crippen LogP contribution in [-0.2, 0) is 16.2 Å². The van der Waals surface area contributed by atoms with E-state index in [4.69, 9.17) is 31.1 Å². The van der Waals surface area contributed by atoms with Gasteiger partial charge in [-0.1, -0.05) is 85.4 Å². The van der Waals surface area contributed by atoms with Crippen molar-refractivity contribution in [2.24, 2.45) is 16.6 Å². The fourth-order valence-corrected chi connectivity index (χ4v) is 11.4. The predicted octanol–water partition coefficient (Wildman–Crippen LogP) is 10.8. The molecule has 9 rings (SSSR count). The smallest absolute Gasteiger partial charge is 0.273 e. The summed E-state index contributed by atoms with van der Waals surface area (Å²) in [6, 6.07) is 37.3. The maximum Gasteiger partial charge on any atom is 0.273 e. The van der Waals surface area contributed by atoms with Gasteiger partial charge in [0.15, 0.2) is 5.84 Å². The third-order valence-electron chi connectivity index (χ3n) is 15.7. The molecule has 4 aliphatic heterocycles. The van der Waals surface area contributed by atoms with Gasteiger partial charge in [-0.2, -0.15) is 0 Å². The average Bonchev–Trinajstić information content (AvgIpc) is 3.44. The first-order valence-corrected chi connectivity index (χ1v) is 27.4. The molecule has 6 atom stereocenters. The summed E-state index contributed by atoms with van der Waals surface area (Å²) in [5.41, 5.74) is 15.9. The summed E-state index contributed by atoms with van der Waals surface area (Å²) >= 11 is 0. The number of phenolic OH excluding ortho intramolecular Hbond substituents is 1. The number of carbonyl (C=O) groups is 2. The number of fused-ring (bicyclic) bond motifs is 2. The first-order valence-electron chi connectivity index (χ1n) is 27.4. The van der Waals surface area contributed by atoms with Crippen molar-refractivity contribution in [2.45, 2.75) is 148 Å². The Morgan fingerprint density at radius 1 is 0.605 bits per heavy atom. The van der Waals surface area contributed by atoms with Gasteiger partial charge >= 0.3 is 0 Å². The minimum atomic E-state index is -0.982. The zero-order valence-corrected chi connectivity index (χ0v) is 44.8. The van der Waals surface area contributed by atoms with Gasteiger partial charge in [0.1, 0.15) is 35.4 Å². The minimum absolute atomic E-state index is 0.0487. The maximum absolute atomic E-state index is 14.1. The van der Waals surface area contributed by atoms with Crippen LogP contribution in [0.15, 0.2) is 120 Å². The molecule has 2 amide bonds. The number of ether oxygens (including phenoxy) is 3. The molecule has 5 aromatic carbocycles. The first kappa shape index (κ1) is 55.1. The normalized spacial score (nSPS) is 21.9. The van der Waals surface area contributed by atoms with Crippen molar-refractivity contribution in [3.05, 3.63) is 143 Å². The first-order chi connectivity index (χ1) is 36.8. The molecule has 0 unspecified atom stereocenters. The van der Waals surface area contributed by atoms with Crippen LogP contribution in [0.5, 0.6) is 23.0 Å². The summed E-state index contributed by atoms with van der Waals surface area (Å²) in [5.74, 6) is 1.16. The van der Waals surface area contributed by atoms with Crippen LogP contribution in [0.25, 0.3) is 0 Å². The Kier molecular flexibility index (Phi) is 18.9. The van der Waals surface area contributed by atoms with E-state index in [1.54, 1.807) is 35.2 Å². The number of aromatic hydroxyl groups is 1. The van der Waals surface area contributed by atoms with Crippen LogP contribution in [0.2, 0.25) is 0 Å². The SMILES string of the molecule is C[C@@H]1CCC[C@H](C)N1CCCCCN1C(=O)[C@H](c2cc(C(=N)N)ccc2O)Oc2ccccc21.C[C@@H]1CCC[C@H](C)N1CCCCCN1C(=O)[C@H](c2cc(C(N)=NO)ccc2OCc2ccccc2)Oc2ccccc21. The van der Waals surface area contributed by atoms with Crippen LogP contribution in [0.3, 0.4) is 0 Å². The van der Waals surface area contributed by atoms with E-state index >= 15 is 0 Å². The summed E-state index contributed by atoms with van der Waals surface area (Å²) in [7, 11) is 0. The lowest BCUT2D eigenvalue weighted by atomic mass is 9.97. The highest BCUT2D eigenvalue weighted by Crippen LogP contribution is 2.43. The van der Waals surface area contributed by atoms with Gasteiger partial charge in [0.05, 0.1) is 11.4 Å². The number of nitrogens with two attached hydrogens (primary N) is 2. The van der Waals surface area contributed by atoms with E-state index in [-0.39, 0.29) is 29.2 Å². The van der Waals surface area contributed by atoms with Crippen molar-refractivity contribution in [1.82, 2.24) is 9.80 Å². The molecule has 0 radical (unpaired) electrons. The molecule has 76 heavy (non-hydrogen) atoms. The molecule has 0 spiro atoms. The summed E-state index contributed by atoms with van der Waals surface area (Å²) < 4.78 is 18.6. The number of oxime groups is 1. The van der Waals surface area contributed by atoms with E-state index < -0.39 is 12.2 Å². The second kappa shape index (κ2) is 26.1. The topological polar surface area (TPSA) is 203 Å². The maximum atomic E-state index is 14.1. The van der Waals surface area contributed by atoms with Crippen LogP contribution < -0.4 is 35.5 Å². The number of nitrogens with one attached hydrogen (secondary N) is 1. The van der Waals surface area contributed by atoms with Crippen LogP contribution in [0.4, 0.5) is 11.4 Å². The van der Waals surface area contributed by atoms with E-state index in [1.165, 1.54) is 44.6 Å². The second-order valence-electron chi connectivity index (χ2n) is 21.0. The molecule has 0 aliphatic carbocycles. The summed E-state index contributed by atoms with van der Waals surface area (Å²) in [6.45, 7) is 13.1. The Morgan fingerprint density at radius 3 is 1.58 bits per heavy atom. The van der Waals surface area contributed by atoms with E-state index in [0.29, 0.717) is 83.4 Å². The lowest BCUT2D eigenvalue weighted by molar-refractivity contribution is -0.127.